The summed E-state index contributed by atoms with van der Waals surface area (Å²) < 4.78 is 0. The minimum atomic E-state index is -0.463. The first-order chi connectivity index (χ1) is 12.5. The number of hydrogen-bond acceptors (Lipinski definition) is 7. The number of benzene rings is 1. The molecule has 0 spiro atoms. The summed E-state index contributed by atoms with van der Waals surface area (Å²) in [4.78, 5) is 31.5. The van der Waals surface area contributed by atoms with E-state index in [0.29, 0.717) is 26.7 Å². The lowest BCUT2D eigenvalue weighted by molar-refractivity contribution is -0.117. The second-order valence-electron chi connectivity index (χ2n) is 5.29. The number of amides is 2. The van der Waals surface area contributed by atoms with Gasteiger partial charge in [0.1, 0.15) is 0 Å². The smallest absolute Gasteiger partial charge is 0.232 e. The predicted molar refractivity (Wildman–Crippen MR) is 104 cm³/mol. The van der Waals surface area contributed by atoms with Crippen LogP contribution in [0.4, 0.5) is 16.0 Å². The molecular weight excluding hydrogens is 394 g/mol. The van der Waals surface area contributed by atoms with E-state index in [1.807, 2.05) is 17.5 Å². The largest absolute Gasteiger partial charge is 0.369 e. The molecule has 0 fully saturated rings. The molecule has 7 nitrogen and oxygen atoms in total. The number of hydrogen-bond donors (Lipinski definition) is 3. The molecule has 3 aromatic rings. The number of nitrogens with zero attached hydrogens (tertiary/aromatic N) is 2. The molecule has 10 heteroatoms. The van der Waals surface area contributed by atoms with E-state index >= 15 is 0 Å². The Morgan fingerprint density at radius 3 is 2.50 bits per heavy atom. The Morgan fingerprint density at radius 2 is 1.77 bits per heavy atom. The number of carbonyl (C=O) groups excluding carboxylic acids is 2. The molecule has 2 aromatic heterocycles. The van der Waals surface area contributed by atoms with Crippen molar-refractivity contribution in [2.75, 3.05) is 10.6 Å². The van der Waals surface area contributed by atoms with Crippen molar-refractivity contribution in [1.82, 2.24) is 9.97 Å². The average Bonchev–Trinajstić information content (AvgIpc) is 3.16. The van der Waals surface area contributed by atoms with Crippen LogP contribution in [0.3, 0.4) is 0 Å². The molecule has 134 valence electrons. The molecule has 0 saturated carbocycles. The van der Waals surface area contributed by atoms with Crippen LogP contribution in [0.15, 0.2) is 35.0 Å². The van der Waals surface area contributed by atoms with Gasteiger partial charge in [-0.2, -0.15) is 0 Å². The number of halogens is 1. The van der Waals surface area contributed by atoms with Gasteiger partial charge in [-0.05, 0) is 18.2 Å². The predicted octanol–water partition coefficient (Wildman–Crippen LogP) is 3.21. The van der Waals surface area contributed by atoms with Gasteiger partial charge in [0, 0.05) is 21.5 Å². The number of thiazole rings is 2. The van der Waals surface area contributed by atoms with E-state index in [-0.39, 0.29) is 18.7 Å². The Hall–Kier alpha value is -2.49. The van der Waals surface area contributed by atoms with E-state index in [4.69, 9.17) is 17.3 Å². The molecular formula is C16H14ClN5O2S2. The maximum absolute atomic E-state index is 12.1. The maximum atomic E-state index is 12.1. The fourth-order valence-electron chi connectivity index (χ4n) is 2.09. The number of nitrogens with two attached hydrogens (primary N) is 1. The topological polar surface area (TPSA) is 110 Å². The quantitative estimate of drug-likeness (QED) is 0.557. The van der Waals surface area contributed by atoms with Gasteiger partial charge in [-0.15, -0.1) is 22.7 Å². The average molecular weight is 408 g/mol. The number of nitrogens with one attached hydrogen (secondary N) is 2. The molecule has 4 N–H and O–H groups in total. The van der Waals surface area contributed by atoms with Crippen molar-refractivity contribution in [2.24, 2.45) is 5.73 Å². The second kappa shape index (κ2) is 8.26. The van der Waals surface area contributed by atoms with Crippen molar-refractivity contribution in [2.45, 2.75) is 12.8 Å². The first-order valence-electron chi connectivity index (χ1n) is 7.47. The SMILES string of the molecule is NC(=O)Cc1csc(NC(=O)Cc2csc(Nc3cccc(Cl)c3)n2)n1. The van der Waals surface area contributed by atoms with E-state index in [1.54, 1.807) is 17.5 Å². The molecule has 0 bridgehead atoms. The van der Waals surface area contributed by atoms with E-state index in [0.717, 1.165) is 5.69 Å². The number of anilines is 3. The van der Waals surface area contributed by atoms with Crippen molar-refractivity contribution in [3.05, 3.63) is 51.4 Å². The van der Waals surface area contributed by atoms with Crippen LogP contribution in [0.5, 0.6) is 0 Å². The molecule has 0 unspecified atom stereocenters. The van der Waals surface area contributed by atoms with Crippen LogP contribution in [-0.4, -0.2) is 21.8 Å². The van der Waals surface area contributed by atoms with Crippen LogP contribution in [0, 0.1) is 0 Å². The van der Waals surface area contributed by atoms with Gasteiger partial charge in [0.15, 0.2) is 10.3 Å². The zero-order valence-electron chi connectivity index (χ0n) is 13.4. The molecule has 0 saturated heterocycles. The molecule has 3 rings (SSSR count). The van der Waals surface area contributed by atoms with Crippen LogP contribution < -0.4 is 16.4 Å². The monoisotopic (exact) mass is 407 g/mol. The highest BCUT2D eigenvalue weighted by Gasteiger charge is 2.11. The second-order valence-corrected chi connectivity index (χ2v) is 7.44. The summed E-state index contributed by atoms with van der Waals surface area (Å²) >= 11 is 8.60. The highest BCUT2D eigenvalue weighted by atomic mass is 35.5. The van der Waals surface area contributed by atoms with Crippen molar-refractivity contribution in [3.8, 4) is 0 Å². The number of primary amides is 1. The van der Waals surface area contributed by atoms with Crippen LogP contribution >= 0.6 is 34.3 Å². The van der Waals surface area contributed by atoms with E-state index in [2.05, 4.69) is 20.6 Å². The Kier molecular flexibility index (Phi) is 5.82. The van der Waals surface area contributed by atoms with Gasteiger partial charge in [-0.3, -0.25) is 9.59 Å². The standard InChI is InChI=1S/C16H14ClN5O2S2/c17-9-2-1-3-10(4-9)19-15-21-12(8-25-15)6-14(24)22-16-20-11(7-26-16)5-13(18)23/h1-4,7-8H,5-6H2,(H2,18,23)(H,19,21)(H,20,22,24). The Balaban J connectivity index is 1.55. The van der Waals surface area contributed by atoms with E-state index in [1.165, 1.54) is 22.7 Å². The van der Waals surface area contributed by atoms with Crippen LogP contribution in [0.2, 0.25) is 5.02 Å². The summed E-state index contributed by atoms with van der Waals surface area (Å²) in [6.45, 7) is 0. The van der Waals surface area contributed by atoms with Gasteiger partial charge >= 0.3 is 0 Å². The van der Waals surface area contributed by atoms with Crippen molar-refractivity contribution in [3.63, 3.8) is 0 Å². The molecule has 0 aliphatic rings. The minimum absolute atomic E-state index is 0.0526. The van der Waals surface area contributed by atoms with Crippen LogP contribution in [-0.2, 0) is 22.4 Å². The van der Waals surface area contributed by atoms with Gasteiger partial charge in [0.05, 0.1) is 24.2 Å². The number of rotatable bonds is 7. The summed E-state index contributed by atoms with van der Waals surface area (Å²) in [7, 11) is 0. The summed E-state index contributed by atoms with van der Waals surface area (Å²) in [6, 6.07) is 7.30. The highest BCUT2D eigenvalue weighted by Crippen LogP contribution is 2.23. The Labute approximate surface area is 162 Å². The van der Waals surface area contributed by atoms with Crippen molar-refractivity contribution < 1.29 is 9.59 Å². The molecule has 26 heavy (non-hydrogen) atoms. The van der Waals surface area contributed by atoms with Gasteiger partial charge < -0.3 is 16.4 Å². The first-order valence-corrected chi connectivity index (χ1v) is 9.61. The molecule has 2 heterocycles. The molecule has 2 amide bonds. The minimum Gasteiger partial charge on any atom is -0.369 e. The van der Waals surface area contributed by atoms with Gasteiger partial charge in [-0.1, -0.05) is 17.7 Å². The summed E-state index contributed by atoms with van der Waals surface area (Å²) in [5, 5.41) is 11.1. The number of carbonyl (C=O) groups is 2. The van der Waals surface area contributed by atoms with Crippen molar-refractivity contribution >= 4 is 62.0 Å². The lowest BCUT2D eigenvalue weighted by Crippen LogP contribution is -2.15. The number of aromatic nitrogens is 2. The lowest BCUT2D eigenvalue weighted by atomic mass is 10.3. The molecule has 1 aromatic carbocycles. The van der Waals surface area contributed by atoms with Crippen LogP contribution in [0.1, 0.15) is 11.4 Å². The first kappa shape index (κ1) is 18.3. The third kappa shape index (κ3) is 5.25. The highest BCUT2D eigenvalue weighted by molar-refractivity contribution is 7.14. The molecule has 0 atom stereocenters. The van der Waals surface area contributed by atoms with E-state index in [9.17, 15) is 9.59 Å². The normalized spacial score (nSPS) is 10.5. The molecule has 0 radical (unpaired) electrons. The molecule has 0 aliphatic carbocycles. The van der Waals surface area contributed by atoms with Gasteiger partial charge in [-0.25, -0.2) is 9.97 Å². The maximum Gasteiger partial charge on any atom is 0.232 e. The summed E-state index contributed by atoms with van der Waals surface area (Å²) in [5.74, 6) is -0.694. The summed E-state index contributed by atoms with van der Waals surface area (Å²) in [6.07, 6.45) is 0.176. The van der Waals surface area contributed by atoms with E-state index < -0.39 is 5.91 Å². The molecule has 0 aliphatic heterocycles. The third-order valence-electron chi connectivity index (χ3n) is 3.12. The summed E-state index contributed by atoms with van der Waals surface area (Å²) in [5.41, 5.74) is 7.13. The third-order valence-corrected chi connectivity index (χ3v) is 4.97. The zero-order chi connectivity index (χ0) is 18.5. The zero-order valence-corrected chi connectivity index (χ0v) is 15.7. The van der Waals surface area contributed by atoms with Crippen molar-refractivity contribution in [1.29, 1.82) is 0 Å². The Morgan fingerprint density at radius 1 is 1.08 bits per heavy atom. The van der Waals surface area contributed by atoms with Gasteiger partial charge in [0.2, 0.25) is 11.8 Å². The lowest BCUT2D eigenvalue weighted by Gasteiger charge is -2.02. The fourth-order valence-corrected chi connectivity index (χ4v) is 3.73. The fraction of sp³-hybridized carbons (Fsp3) is 0.125. The van der Waals surface area contributed by atoms with Gasteiger partial charge in [0.25, 0.3) is 0 Å². The van der Waals surface area contributed by atoms with Crippen LogP contribution in [0.25, 0.3) is 0 Å². The Bertz CT molecular complexity index is 940.